The van der Waals surface area contributed by atoms with Crippen LogP contribution in [0.4, 0.5) is 0 Å². The van der Waals surface area contributed by atoms with Crippen LogP contribution >= 0.6 is 0 Å². The van der Waals surface area contributed by atoms with Crippen LogP contribution in [0.3, 0.4) is 0 Å². The van der Waals surface area contributed by atoms with Crippen molar-refractivity contribution in [2.24, 2.45) is 0 Å². The Balaban J connectivity index is 1.59. The number of carbonyl (C=O) groups excluding carboxylic acids is 1. The van der Waals surface area contributed by atoms with Gasteiger partial charge in [0.2, 0.25) is 5.91 Å². The number of benzene rings is 1. The van der Waals surface area contributed by atoms with E-state index in [0.717, 1.165) is 11.3 Å². The van der Waals surface area contributed by atoms with E-state index in [-0.39, 0.29) is 5.91 Å². The lowest BCUT2D eigenvalue weighted by atomic mass is 10.2. The van der Waals surface area contributed by atoms with Gasteiger partial charge in [0.1, 0.15) is 25.0 Å². The molecule has 0 spiro atoms. The molecule has 0 bridgehead atoms. The second kappa shape index (κ2) is 7.28. The van der Waals surface area contributed by atoms with Crippen molar-refractivity contribution in [2.75, 3.05) is 13.2 Å². The molecular formula is C14H18N4O2. The molecule has 1 N–H and O–H groups in total. The Kier molecular flexibility index (Phi) is 5.11. The number of nitrogens with one attached hydrogen (secondary N) is 1. The highest BCUT2D eigenvalue weighted by Crippen LogP contribution is 2.11. The standard InChI is InChI=1S/C14H18N4O2/c1-12-3-2-4-13(9-12)20-8-6-16-14(19)5-7-18-11-15-10-17-18/h2-4,9-11H,5-8H2,1H3,(H,16,19). The van der Waals surface area contributed by atoms with Crippen molar-refractivity contribution in [3.8, 4) is 5.75 Å². The lowest BCUT2D eigenvalue weighted by Crippen LogP contribution is -2.28. The second-order valence-electron chi connectivity index (χ2n) is 4.42. The van der Waals surface area contributed by atoms with Gasteiger partial charge in [-0.25, -0.2) is 4.98 Å². The minimum Gasteiger partial charge on any atom is -0.492 e. The van der Waals surface area contributed by atoms with Crippen LogP contribution in [-0.4, -0.2) is 33.8 Å². The summed E-state index contributed by atoms with van der Waals surface area (Å²) in [7, 11) is 0. The molecule has 0 aliphatic rings. The van der Waals surface area contributed by atoms with E-state index in [1.807, 2.05) is 31.2 Å². The highest BCUT2D eigenvalue weighted by Gasteiger charge is 2.02. The topological polar surface area (TPSA) is 69.0 Å². The summed E-state index contributed by atoms with van der Waals surface area (Å²) in [4.78, 5) is 15.4. The number of aromatic nitrogens is 3. The Labute approximate surface area is 117 Å². The Hall–Kier alpha value is -2.37. The van der Waals surface area contributed by atoms with Crippen LogP contribution in [-0.2, 0) is 11.3 Å². The smallest absolute Gasteiger partial charge is 0.221 e. The van der Waals surface area contributed by atoms with E-state index in [9.17, 15) is 4.79 Å². The lowest BCUT2D eigenvalue weighted by Gasteiger charge is -2.08. The summed E-state index contributed by atoms with van der Waals surface area (Å²) in [6.07, 6.45) is 3.43. The van der Waals surface area contributed by atoms with E-state index in [4.69, 9.17) is 4.74 Å². The average Bonchev–Trinajstić information content (AvgIpc) is 2.95. The number of ether oxygens (including phenoxy) is 1. The average molecular weight is 274 g/mol. The first-order valence-corrected chi connectivity index (χ1v) is 6.52. The van der Waals surface area contributed by atoms with Crippen LogP contribution in [0.2, 0.25) is 0 Å². The summed E-state index contributed by atoms with van der Waals surface area (Å²) in [5.74, 6) is 0.801. The molecule has 0 aliphatic carbocycles. The van der Waals surface area contributed by atoms with E-state index in [1.54, 1.807) is 11.0 Å². The van der Waals surface area contributed by atoms with E-state index in [0.29, 0.717) is 26.1 Å². The number of hydrogen-bond donors (Lipinski definition) is 1. The predicted octanol–water partition coefficient (Wildman–Crippen LogP) is 1.17. The van der Waals surface area contributed by atoms with Crippen molar-refractivity contribution < 1.29 is 9.53 Å². The highest BCUT2D eigenvalue weighted by molar-refractivity contribution is 5.75. The second-order valence-corrected chi connectivity index (χ2v) is 4.42. The first-order chi connectivity index (χ1) is 9.74. The van der Waals surface area contributed by atoms with Gasteiger partial charge in [-0.3, -0.25) is 9.48 Å². The summed E-state index contributed by atoms with van der Waals surface area (Å²) in [5, 5.41) is 6.74. The SMILES string of the molecule is Cc1cccc(OCCNC(=O)CCn2cncn2)c1. The van der Waals surface area contributed by atoms with Crippen molar-refractivity contribution in [3.05, 3.63) is 42.5 Å². The first-order valence-electron chi connectivity index (χ1n) is 6.52. The van der Waals surface area contributed by atoms with Gasteiger partial charge in [-0.2, -0.15) is 5.10 Å². The summed E-state index contributed by atoms with van der Waals surface area (Å²) in [6.45, 7) is 3.49. The molecule has 20 heavy (non-hydrogen) atoms. The molecule has 0 saturated carbocycles. The third-order valence-corrected chi connectivity index (χ3v) is 2.72. The van der Waals surface area contributed by atoms with Gasteiger partial charge in [-0.15, -0.1) is 0 Å². The van der Waals surface area contributed by atoms with Crippen molar-refractivity contribution in [1.29, 1.82) is 0 Å². The van der Waals surface area contributed by atoms with Crippen LogP contribution < -0.4 is 10.1 Å². The number of nitrogens with zero attached hydrogens (tertiary/aromatic N) is 3. The van der Waals surface area contributed by atoms with Crippen LogP contribution in [0, 0.1) is 6.92 Å². The van der Waals surface area contributed by atoms with E-state index in [2.05, 4.69) is 15.4 Å². The van der Waals surface area contributed by atoms with E-state index in [1.165, 1.54) is 6.33 Å². The van der Waals surface area contributed by atoms with Gasteiger partial charge in [0.25, 0.3) is 0 Å². The molecule has 106 valence electrons. The van der Waals surface area contributed by atoms with Crippen molar-refractivity contribution in [3.63, 3.8) is 0 Å². The van der Waals surface area contributed by atoms with Gasteiger partial charge in [0, 0.05) is 6.42 Å². The molecule has 1 amide bonds. The van der Waals surface area contributed by atoms with Gasteiger partial charge in [0.15, 0.2) is 0 Å². The molecule has 1 heterocycles. The van der Waals surface area contributed by atoms with Crippen molar-refractivity contribution >= 4 is 5.91 Å². The molecule has 0 unspecified atom stereocenters. The van der Waals surface area contributed by atoms with Crippen molar-refractivity contribution in [1.82, 2.24) is 20.1 Å². The van der Waals surface area contributed by atoms with Crippen molar-refractivity contribution in [2.45, 2.75) is 19.9 Å². The lowest BCUT2D eigenvalue weighted by molar-refractivity contribution is -0.121. The number of aryl methyl sites for hydroxylation is 2. The maximum atomic E-state index is 11.6. The summed E-state index contributed by atoms with van der Waals surface area (Å²) in [5.41, 5.74) is 1.15. The summed E-state index contributed by atoms with van der Waals surface area (Å²) >= 11 is 0. The number of hydrogen-bond acceptors (Lipinski definition) is 4. The fourth-order valence-corrected chi connectivity index (χ4v) is 1.72. The Morgan fingerprint density at radius 1 is 1.45 bits per heavy atom. The van der Waals surface area contributed by atoms with Gasteiger partial charge in [-0.05, 0) is 24.6 Å². The fraction of sp³-hybridized carbons (Fsp3) is 0.357. The molecule has 1 aromatic heterocycles. The monoisotopic (exact) mass is 274 g/mol. The molecule has 0 saturated heterocycles. The molecule has 0 fully saturated rings. The Bertz CT molecular complexity index is 540. The van der Waals surface area contributed by atoms with Gasteiger partial charge in [0.05, 0.1) is 13.1 Å². The molecule has 0 atom stereocenters. The van der Waals surface area contributed by atoms with Gasteiger partial charge < -0.3 is 10.1 Å². The quantitative estimate of drug-likeness (QED) is 0.770. The maximum Gasteiger partial charge on any atom is 0.221 e. The zero-order chi connectivity index (χ0) is 14.2. The van der Waals surface area contributed by atoms with Crippen LogP contribution in [0.1, 0.15) is 12.0 Å². The molecule has 0 radical (unpaired) electrons. The zero-order valence-corrected chi connectivity index (χ0v) is 11.5. The molecule has 0 aliphatic heterocycles. The minimum absolute atomic E-state index is 0.0201. The minimum atomic E-state index is -0.0201. The Morgan fingerprint density at radius 2 is 2.35 bits per heavy atom. The van der Waals surface area contributed by atoms with E-state index >= 15 is 0 Å². The van der Waals surface area contributed by atoms with Crippen LogP contribution in [0.25, 0.3) is 0 Å². The number of rotatable bonds is 7. The molecule has 2 rings (SSSR count). The summed E-state index contributed by atoms with van der Waals surface area (Å²) < 4.78 is 7.17. The maximum absolute atomic E-state index is 11.6. The molecule has 2 aromatic rings. The summed E-state index contributed by atoms with van der Waals surface area (Å²) in [6, 6.07) is 7.83. The third-order valence-electron chi connectivity index (χ3n) is 2.72. The third kappa shape index (κ3) is 4.72. The number of carbonyl (C=O) groups is 1. The first kappa shape index (κ1) is 14.0. The highest BCUT2D eigenvalue weighted by atomic mass is 16.5. The number of amides is 1. The molecule has 6 nitrogen and oxygen atoms in total. The fourth-order valence-electron chi connectivity index (χ4n) is 1.72. The molecular weight excluding hydrogens is 256 g/mol. The largest absolute Gasteiger partial charge is 0.492 e. The predicted molar refractivity (Wildman–Crippen MR) is 74.3 cm³/mol. The molecule has 6 heteroatoms. The van der Waals surface area contributed by atoms with Crippen LogP contribution in [0.15, 0.2) is 36.9 Å². The van der Waals surface area contributed by atoms with E-state index < -0.39 is 0 Å². The molecule has 1 aromatic carbocycles. The van der Waals surface area contributed by atoms with Crippen LogP contribution in [0.5, 0.6) is 5.75 Å². The zero-order valence-electron chi connectivity index (χ0n) is 11.5. The van der Waals surface area contributed by atoms with Gasteiger partial charge >= 0.3 is 0 Å². The van der Waals surface area contributed by atoms with Gasteiger partial charge in [-0.1, -0.05) is 12.1 Å². The normalized spacial score (nSPS) is 10.2. The Morgan fingerprint density at radius 3 is 3.10 bits per heavy atom.